The maximum absolute atomic E-state index is 13.9. The van der Waals surface area contributed by atoms with E-state index in [4.69, 9.17) is 16.3 Å². The molecule has 1 fully saturated rings. The molecule has 1 saturated heterocycles. The first-order valence-electron chi connectivity index (χ1n) is 6.58. The van der Waals surface area contributed by atoms with Gasteiger partial charge in [0.15, 0.2) is 11.6 Å². The van der Waals surface area contributed by atoms with Crippen LogP contribution in [0.3, 0.4) is 0 Å². The Morgan fingerprint density at radius 1 is 1.63 bits per heavy atom. The lowest BCUT2D eigenvalue weighted by molar-refractivity contribution is 0.0930. The number of ether oxygens (including phenoxy) is 1. The highest BCUT2D eigenvalue weighted by Crippen LogP contribution is 2.22. The van der Waals surface area contributed by atoms with Crippen molar-refractivity contribution in [2.24, 2.45) is 0 Å². The number of hydrogen-bond donors (Lipinski definition) is 1. The predicted molar refractivity (Wildman–Crippen MR) is 74.3 cm³/mol. The van der Waals surface area contributed by atoms with Crippen LogP contribution in [0.1, 0.15) is 13.3 Å². The molecule has 1 aliphatic heterocycles. The lowest BCUT2D eigenvalue weighted by Gasteiger charge is -2.36. The van der Waals surface area contributed by atoms with Gasteiger partial charge in [-0.3, -0.25) is 0 Å². The maximum Gasteiger partial charge on any atom is 0.167 e. The molecule has 1 aromatic rings. The summed E-state index contributed by atoms with van der Waals surface area (Å²) in [5, 5.41) is 3.65. The first-order chi connectivity index (χ1) is 9.22. The van der Waals surface area contributed by atoms with Crippen LogP contribution in [-0.2, 0) is 4.74 Å². The summed E-state index contributed by atoms with van der Waals surface area (Å²) in [7, 11) is 0. The van der Waals surface area contributed by atoms with E-state index in [1.54, 1.807) is 0 Å². The number of rotatable bonds is 5. The number of anilines is 1. The van der Waals surface area contributed by atoms with Crippen molar-refractivity contribution in [2.75, 3.05) is 37.7 Å². The fourth-order valence-electron chi connectivity index (χ4n) is 2.17. The summed E-state index contributed by atoms with van der Waals surface area (Å²) in [5.74, 6) is -0.0223. The third-order valence-electron chi connectivity index (χ3n) is 3.09. The minimum absolute atomic E-state index is 0.100. The van der Waals surface area contributed by atoms with Crippen molar-refractivity contribution in [3.05, 3.63) is 23.1 Å². The molecule has 0 radical (unpaired) electrons. The summed E-state index contributed by atoms with van der Waals surface area (Å²) in [4.78, 5) is 6.07. The lowest BCUT2D eigenvalue weighted by atomic mass is 10.2. The Labute approximate surface area is 117 Å². The largest absolute Gasteiger partial charge is 0.377 e. The number of nitrogens with one attached hydrogen (secondary N) is 1. The van der Waals surface area contributed by atoms with Gasteiger partial charge < -0.3 is 15.0 Å². The number of morpholine rings is 1. The van der Waals surface area contributed by atoms with Gasteiger partial charge in [0.05, 0.1) is 24.3 Å². The molecule has 0 aromatic carbocycles. The summed E-state index contributed by atoms with van der Waals surface area (Å²) in [6, 6.07) is 1.40. The van der Waals surface area contributed by atoms with Gasteiger partial charge in [-0.1, -0.05) is 18.5 Å². The van der Waals surface area contributed by atoms with E-state index >= 15 is 0 Å². The van der Waals surface area contributed by atoms with E-state index in [2.05, 4.69) is 17.2 Å². The van der Waals surface area contributed by atoms with Crippen molar-refractivity contribution >= 4 is 17.4 Å². The zero-order valence-electron chi connectivity index (χ0n) is 11.0. The quantitative estimate of drug-likeness (QED) is 0.842. The minimum Gasteiger partial charge on any atom is -0.377 e. The van der Waals surface area contributed by atoms with Gasteiger partial charge in [-0.2, -0.15) is 0 Å². The number of pyridine rings is 1. The zero-order chi connectivity index (χ0) is 13.7. The van der Waals surface area contributed by atoms with Gasteiger partial charge in [0.25, 0.3) is 0 Å². The third kappa shape index (κ3) is 3.78. The summed E-state index contributed by atoms with van der Waals surface area (Å²) < 4.78 is 19.4. The summed E-state index contributed by atoms with van der Waals surface area (Å²) >= 11 is 5.74. The Hall–Kier alpha value is -0.910. The van der Waals surface area contributed by atoms with E-state index in [0.717, 1.165) is 19.5 Å². The van der Waals surface area contributed by atoms with E-state index in [-0.39, 0.29) is 11.9 Å². The molecule has 1 atom stereocenters. The Morgan fingerprint density at radius 2 is 2.47 bits per heavy atom. The van der Waals surface area contributed by atoms with Crippen molar-refractivity contribution in [2.45, 2.75) is 19.4 Å². The van der Waals surface area contributed by atoms with Gasteiger partial charge in [0.1, 0.15) is 0 Å². The summed E-state index contributed by atoms with van der Waals surface area (Å²) in [5.41, 5.74) is 0. The van der Waals surface area contributed by atoms with Gasteiger partial charge in [-0.15, -0.1) is 0 Å². The Balaban J connectivity index is 2.09. The molecule has 1 aromatic heterocycles. The second-order valence-electron chi connectivity index (χ2n) is 4.59. The van der Waals surface area contributed by atoms with Crippen molar-refractivity contribution < 1.29 is 9.13 Å². The molecule has 0 amide bonds. The smallest absolute Gasteiger partial charge is 0.167 e. The van der Waals surface area contributed by atoms with Crippen LogP contribution in [-0.4, -0.2) is 43.9 Å². The number of nitrogens with zero attached hydrogens (tertiary/aromatic N) is 2. The fraction of sp³-hybridized carbons (Fsp3) is 0.615. The predicted octanol–water partition coefficient (Wildman–Crippen LogP) is 2.08. The number of halogens is 2. The topological polar surface area (TPSA) is 37.4 Å². The Kier molecular flexibility index (Phi) is 5.36. The third-order valence-corrected chi connectivity index (χ3v) is 3.30. The second-order valence-corrected chi connectivity index (χ2v) is 5.02. The number of aromatic nitrogens is 1. The highest BCUT2D eigenvalue weighted by molar-refractivity contribution is 6.30. The van der Waals surface area contributed by atoms with Crippen LogP contribution in [0.15, 0.2) is 12.3 Å². The SMILES string of the molecule is CCCNCC1COCCN1c1ncc(Cl)cc1F. The van der Waals surface area contributed by atoms with E-state index in [9.17, 15) is 4.39 Å². The van der Waals surface area contributed by atoms with Crippen LogP contribution in [0.25, 0.3) is 0 Å². The van der Waals surface area contributed by atoms with Crippen LogP contribution in [0.5, 0.6) is 0 Å². The molecule has 0 spiro atoms. The lowest BCUT2D eigenvalue weighted by Crippen LogP contribution is -2.51. The zero-order valence-corrected chi connectivity index (χ0v) is 11.8. The second kappa shape index (κ2) is 7.03. The molecule has 19 heavy (non-hydrogen) atoms. The Bertz CT molecular complexity index is 419. The van der Waals surface area contributed by atoms with Crippen molar-refractivity contribution in [3.63, 3.8) is 0 Å². The van der Waals surface area contributed by atoms with E-state index in [0.29, 0.717) is 30.6 Å². The van der Waals surface area contributed by atoms with E-state index < -0.39 is 0 Å². The molecule has 2 rings (SSSR count). The highest BCUT2D eigenvalue weighted by atomic mass is 35.5. The molecule has 1 unspecified atom stereocenters. The normalized spacial score (nSPS) is 19.7. The summed E-state index contributed by atoms with van der Waals surface area (Å²) in [6.45, 7) is 5.64. The van der Waals surface area contributed by atoms with E-state index in [1.165, 1.54) is 12.3 Å². The summed E-state index contributed by atoms with van der Waals surface area (Å²) in [6.07, 6.45) is 2.55. The number of hydrogen-bond acceptors (Lipinski definition) is 4. The molecule has 1 aliphatic rings. The minimum atomic E-state index is -0.380. The molecular weight excluding hydrogens is 269 g/mol. The van der Waals surface area contributed by atoms with E-state index in [1.807, 2.05) is 4.90 Å². The fourth-order valence-corrected chi connectivity index (χ4v) is 2.31. The Morgan fingerprint density at radius 3 is 3.21 bits per heavy atom. The highest BCUT2D eigenvalue weighted by Gasteiger charge is 2.26. The van der Waals surface area contributed by atoms with Gasteiger partial charge in [0.2, 0.25) is 0 Å². The molecule has 0 saturated carbocycles. The van der Waals surface area contributed by atoms with Gasteiger partial charge in [-0.25, -0.2) is 9.37 Å². The van der Waals surface area contributed by atoms with Crippen LogP contribution in [0, 0.1) is 5.82 Å². The van der Waals surface area contributed by atoms with Gasteiger partial charge >= 0.3 is 0 Å². The van der Waals surface area contributed by atoms with Crippen LogP contribution >= 0.6 is 11.6 Å². The first-order valence-corrected chi connectivity index (χ1v) is 6.96. The molecule has 4 nitrogen and oxygen atoms in total. The van der Waals surface area contributed by atoms with Crippen LogP contribution < -0.4 is 10.2 Å². The van der Waals surface area contributed by atoms with Crippen LogP contribution in [0.2, 0.25) is 5.02 Å². The van der Waals surface area contributed by atoms with Gasteiger partial charge in [0, 0.05) is 19.3 Å². The molecule has 0 bridgehead atoms. The molecule has 6 heteroatoms. The van der Waals surface area contributed by atoms with Crippen molar-refractivity contribution in [1.29, 1.82) is 0 Å². The molecule has 2 heterocycles. The standard InChI is InChI=1S/C13H19ClFN3O/c1-2-3-16-8-11-9-19-5-4-18(11)13-12(15)6-10(14)7-17-13/h6-7,11,16H,2-5,8-9H2,1H3. The molecule has 0 aliphatic carbocycles. The van der Waals surface area contributed by atoms with Gasteiger partial charge in [-0.05, 0) is 19.0 Å². The average Bonchev–Trinajstić information content (AvgIpc) is 2.40. The molecular formula is C13H19ClFN3O. The van der Waals surface area contributed by atoms with Crippen molar-refractivity contribution in [3.8, 4) is 0 Å². The monoisotopic (exact) mass is 287 g/mol. The van der Waals surface area contributed by atoms with Crippen LogP contribution in [0.4, 0.5) is 10.2 Å². The average molecular weight is 288 g/mol. The maximum atomic E-state index is 13.9. The molecule has 106 valence electrons. The van der Waals surface area contributed by atoms with Crippen molar-refractivity contribution in [1.82, 2.24) is 10.3 Å². The first kappa shape index (κ1) is 14.5. The molecule has 1 N–H and O–H groups in total.